The lowest BCUT2D eigenvalue weighted by atomic mass is 9.80. The molecule has 0 aliphatic heterocycles. The fourth-order valence-corrected chi connectivity index (χ4v) is 5.30. The predicted octanol–water partition coefficient (Wildman–Crippen LogP) is 4.27. The maximum absolute atomic E-state index is 13.2. The Morgan fingerprint density at radius 2 is 1.79 bits per heavy atom. The number of nitrogens with one attached hydrogen (secondary N) is 2. The number of aryl methyl sites for hydroxylation is 1. The molecule has 228 valence electrons. The van der Waals surface area contributed by atoms with Gasteiger partial charge in [0, 0.05) is 29.3 Å². The summed E-state index contributed by atoms with van der Waals surface area (Å²) >= 11 is 0. The molecule has 1 aliphatic rings. The van der Waals surface area contributed by atoms with Crippen LogP contribution >= 0.6 is 0 Å². The zero-order chi connectivity index (χ0) is 30.8. The van der Waals surface area contributed by atoms with Gasteiger partial charge in [0.15, 0.2) is 0 Å². The van der Waals surface area contributed by atoms with Gasteiger partial charge in [-0.15, -0.1) is 5.10 Å². The van der Waals surface area contributed by atoms with Crippen LogP contribution in [-0.2, 0) is 20.8 Å². The molecule has 1 unspecified atom stereocenters. The van der Waals surface area contributed by atoms with Gasteiger partial charge >= 0.3 is 17.6 Å². The minimum Gasteiger partial charge on any atom is -0.481 e. The maximum atomic E-state index is 13.2. The van der Waals surface area contributed by atoms with Gasteiger partial charge in [-0.25, -0.2) is 9.48 Å². The summed E-state index contributed by atoms with van der Waals surface area (Å²) in [6.07, 6.45) is 6.52. The Bertz CT molecular complexity index is 1440. The quantitative estimate of drug-likeness (QED) is 0.238. The Morgan fingerprint density at radius 1 is 1.10 bits per heavy atom. The van der Waals surface area contributed by atoms with Crippen LogP contribution in [-0.4, -0.2) is 56.1 Å². The summed E-state index contributed by atoms with van der Waals surface area (Å²) in [5, 5.41) is 33.2. The third-order valence-electron chi connectivity index (χ3n) is 7.72. The number of anilines is 1. The first-order chi connectivity index (χ1) is 20.0. The minimum absolute atomic E-state index is 0.0581. The minimum atomic E-state index is -1.16. The van der Waals surface area contributed by atoms with Crippen LogP contribution in [0, 0.1) is 12.8 Å². The normalized spacial score (nSPS) is 15.0. The second-order valence-electron chi connectivity index (χ2n) is 10.6. The van der Waals surface area contributed by atoms with Crippen LogP contribution in [0.4, 0.5) is 5.69 Å². The van der Waals surface area contributed by atoms with Crippen LogP contribution in [0.5, 0.6) is 0 Å². The van der Waals surface area contributed by atoms with Crippen molar-refractivity contribution in [3.05, 3.63) is 51.6 Å². The highest BCUT2D eigenvalue weighted by Crippen LogP contribution is 2.35. The number of benzene rings is 1. The van der Waals surface area contributed by atoms with Crippen LogP contribution in [0.2, 0.25) is 0 Å². The van der Waals surface area contributed by atoms with Crippen molar-refractivity contribution in [1.29, 1.82) is 0 Å². The molecule has 1 aromatic carbocycles. The summed E-state index contributed by atoms with van der Waals surface area (Å²) in [6.45, 7) is 10.1. The number of hydrogen-bond acceptors (Lipinski definition) is 8. The highest BCUT2D eigenvalue weighted by molar-refractivity contribution is 5.97. The molecule has 4 N–H and O–H groups in total. The van der Waals surface area contributed by atoms with E-state index in [9.17, 15) is 24.3 Å². The van der Waals surface area contributed by atoms with Crippen molar-refractivity contribution in [2.24, 2.45) is 5.92 Å². The fraction of sp³-hybridized carbons (Fsp3) is 0.533. The molecule has 3 aromatic rings. The monoisotopic (exact) mass is 583 g/mol. The fourth-order valence-electron chi connectivity index (χ4n) is 5.30. The van der Waals surface area contributed by atoms with Gasteiger partial charge in [-0.2, -0.15) is 0 Å². The molecule has 0 bridgehead atoms. The van der Waals surface area contributed by atoms with Crippen molar-refractivity contribution in [2.45, 2.75) is 84.6 Å². The summed E-state index contributed by atoms with van der Waals surface area (Å²) in [6, 6.07) is 3.50. The van der Waals surface area contributed by atoms with E-state index in [1.807, 2.05) is 0 Å². The Kier molecular flexibility index (Phi) is 11.8. The van der Waals surface area contributed by atoms with Crippen molar-refractivity contribution in [3.8, 4) is 0 Å². The number of carbonyl (C=O) groups excluding carboxylic acids is 1. The van der Waals surface area contributed by atoms with Crippen molar-refractivity contribution in [2.75, 3.05) is 18.4 Å². The molecule has 2 atom stereocenters. The zero-order valence-corrected chi connectivity index (χ0v) is 24.7. The Morgan fingerprint density at radius 3 is 2.38 bits per heavy atom. The van der Waals surface area contributed by atoms with Crippen LogP contribution in [0.25, 0.3) is 11.0 Å². The topological polar surface area (TPSA) is 177 Å². The van der Waals surface area contributed by atoms with E-state index in [2.05, 4.69) is 41.7 Å². The van der Waals surface area contributed by atoms with Crippen molar-refractivity contribution >= 4 is 34.5 Å². The van der Waals surface area contributed by atoms with Crippen LogP contribution in [0.1, 0.15) is 88.1 Å². The Hall–Kier alpha value is -4.06. The molecule has 1 saturated carbocycles. The smallest absolute Gasteiger partial charge is 0.340 e. The lowest BCUT2D eigenvalue weighted by molar-refractivity contribution is -0.140. The molecular formula is C30H41N5O7. The number of aliphatic carboxylic acids is 2. The summed E-state index contributed by atoms with van der Waals surface area (Å²) < 4.78 is 6.60. The molecule has 1 amide bonds. The van der Waals surface area contributed by atoms with E-state index in [4.69, 9.17) is 9.52 Å². The molecule has 12 heteroatoms. The Balaban J connectivity index is 0.000000892. The van der Waals surface area contributed by atoms with Crippen molar-refractivity contribution < 1.29 is 29.0 Å². The van der Waals surface area contributed by atoms with Gasteiger partial charge < -0.3 is 25.3 Å². The first kappa shape index (κ1) is 32.5. The van der Waals surface area contributed by atoms with E-state index < -0.39 is 42.4 Å². The molecule has 12 nitrogen and oxygen atoms in total. The summed E-state index contributed by atoms with van der Waals surface area (Å²) in [4.78, 5) is 48.1. The molecule has 1 fully saturated rings. The highest BCUT2D eigenvalue weighted by Gasteiger charge is 2.28. The van der Waals surface area contributed by atoms with E-state index in [0.717, 1.165) is 31.6 Å². The van der Waals surface area contributed by atoms with Gasteiger partial charge in [0.1, 0.15) is 11.6 Å². The number of amides is 1. The largest absolute Gasteiger partial charge is 0.481 e. The van der Waals surface area contributed by atoms with E-state index in [-0.39, 0.29) is 22.8 Å². The second-order valence-corrected chi connectivity index (χ2v) is 10.6. The lowest BCUT2D eigenvalue weighted by Crippen LogP contribution is -2.28. The number of carboxylic acids is 2. The number of fused-ring (bicyclic) bond motifs is 1. The molecule has 42 heavy (non-hydrogen) atoms. The number of rotatable bonds is 11. The second kappa shape index (κ2) is 15.2. The number of aromatic nitrogens is 3. The third kappa shape index (κ3) is 8.48. The molecular weight excluding hydrogens is 542 g/mol. The molecule has 2 heterocycles. The van der Waals surface area contributed by atoms with Gasteiger partial charge in [-0.05, 0) is 56.5 Å². The molecule has 0 saturated heterocycles. The van der Waals surface area contributed by atoms with Gasteiger partial charge in [0.25, 0.3) is 0 Å². The molecule has 4 rings (SSSR count). The lowest BCUT2D eigenvalue weighted by Gasteiger charge is -2.26. The average Bonchev–Trinajstić information content (AvgIpc) is 3.44. The Labute approximate surface area is 244 Å². The predicted molar refractivity (Wildman–Crippen MR) is 158 cm³/mol. The molecule has 1 aliphatic carbocycles. The van der Waals surface area contributed by atoms with Gasteiger partial charge in [0.2, 0.25) is 5.91 Å². The summed E-state index contributed by atoms with van der Waals surface area (Å²) in [5.74, 6) is -2.28. The summed E-state index contributed by atoms with van der Waals surface area (Å²) in [5.41, 5.74) is 0.975. The number of carboxylic acid groups (broad SMARTS) is 2. The average molecular weight is 584 g/mol. The first-order valence-corrected chi connectivity index (χ1v) is 14.5. The SMILES string of the molecule is CCNCC.Cc1c(CC(=O)O)c(=O)oc2cc(NC(=O)C(CC(=O)O)n3cc([C@H](C)C4CCCCC4)nn3)ccc12. The zero-order valence-electron chi connectivity index (χ0n) is 24.7. The molecule has 0 radical (unpaired) electrons. The van der Waals surface area contributed by atoms with Gasteiger partial charge in [0.05, 0.1) is 24.1 Å². The maximum Gasteiger partial charge on any atom is 0.340 e. The van der Waals surface area contributed by atoms with Crippen LogP contribution < -0.4 is 16.3 Å². The van der Waals surface area contributed by atoms with Crippen LogP contribution in [0.15, 0.2) is 33.6 Å². The standard InChI is InChI=1S/C26H30N4O7.C4H11N/c1-14(16-6-4-3-5-7-16)20-13-30(29-28-20)21(12-24(33)34)25(35)27-17-8-9-18-15(2)19(11-23(31)32)26(36)37-22(18)10-17;1-3-5-4-2/h8-10,13-14,16,21H,3-7,11-12H2,1-2H3,(H,27,35)(H,31,32)(H,33,34);5H,3-4H2,1-2H3/t14-,21?;/m1./s1. The summed E-state index contributed by atoms with van der Waals surface area (Å²) in [7, 11) is 0. The first-order valence-electron chi connectivity index (χ1n) is 14.5. The number of nitrogens with zero attached hydrogens (tertiary/aromatic N) is 3. The highest BCUT2D eigenvalue weighted by atomic mass is 16.4. The molecule has 0 spiro atoms. The van der Waals surface area contributed by atoms with E-state index >= 15 is 0 Å². The third-order valence-corrected chi connectivity index (χ3v) is 7.72. The number of carbonyl (C=O) groups is 3. The van der Waals surface area contributed by atoms with Gasteiger partial charge in [-0.1, -0.05) is 45.2 Å². The van der Waals surface area contributed by atoms with Gasteiger partial charge in [-0.3, -0.25) is 14.4 Å². The van der Waals surface area contributed by atoms with Crippen molar-refractivity contribution in [1.82, 2.24) is 20.3 Å². The van der Waals surface area contributed by atoms with E-state index in [0.29, 0.717) is 16.9 Å². The van der Waals surface area contributed by atoms with Crippen molar-refractivity contribution in [3.63, 3.8) is 0 Å². The molecule has 2 aromatic heterocycles. The van der Waals surface area contributed by atoms with Crippen LogP contribution in [0.3, 0.4) is 0 Å². The van der Waals surface area contributed by atoms with E-state index in [1.165, 1.54) is 30.0 Å². The number of hydrogen-bond donors (Lipinski definition) is 4. The van der Waals surface area contributed by atoms with E-state index in [1.54, 1.807) is 25.3 Å².